The fourth-order valence-electron chi connectivity index (χ4n) is 1.82. The minimum Gasteiger partial charge on any atom is -0.337 e. The molecule has 1 saturated heterocycles. The molecular formula is C11H20N2O3S. The van der Waals surface area contributed by atoms with Gasteiger partial charge >= 0.3 is 0 Å². The molecule has 1 rings (SSSR count). The van der Waals surface area contributed by atoms with Gasteiger partial charge in [0, 0.05) is 26.2 Å². The normalized spacial score (nSPS) is 18.8. The number of nitrogens with zero attached hydrogens (tertiary/aromatic N) is 2. The Morgan fingerprint density at radius 3 is 2.29 bits per heavy atom. The Balaban J connectivity index is 2.54. The molecule has 0 N–H and O–H groups in total. The molecular weight excluding hydrogens is 240 g/mol. The Kier molecular flexibility index (Phi) is 5.14. The van der Waals surface area contributed by atoms with Crippen molar-refractivity contribution in [2.75, 3.05) is 31.9 Å². The van der Waals surface area contributed by atoms with Gasteiger partial charge in [-0.1, -0.05) is 13.0 Å². The summed E-state index contributed by atoms with van der Waals surface area (Å²) >= 11 is 0. The van der Waals surface area contributed by atoms with Crippen LogP contribution in [0, 0.1) is 0 Å². The standard InChI is InChI=1S/C11H20N2O3S/c1-3-5-11(14)12-6-8-13(9-7-12)17(15,16)10-4-2/h3,5H,4,6-10H2,1-2H3. The zero-order valence-corrected chi connectivity index (χ0v) is 11.2. The number of allylic oxidation sites excluding steroid dienone is 1. The van der Waals surface area contributed by atoms with Gasteiger partial charge in [0.1, 0.15) is 0 Å². The zero-order valence-electron chi connectivity index (χ0n) is 10.4. The van der Waals surface area contributed by atoms with Crippen molar-refractivity contribution in [3.63, 3.8) is 0 Å². The molecule has 1 fully saturated rings. The molecule has 17 heavy (non-hydrogen) atoms. The summed E-state index contributed by atoms with van der Waals surface area (Å²) in [5.74, 6) is 0.149. The molecule has 0 aromatic rings. The molecule has 6 heteroatoms. The predicted octanol–water partition coefficient (Wildman–Crippen LogP) is 0.446. The summed E-state index contributed by atoms with van der Waals surface area (Å²) in [5.41, 5.74) is 0. The molecule has 0 radical (unpaired) electrons. The molecule has 0 spiro atoms. The molecule has 0 aromatic heterocycles. The molecule has 0 bridgehead atoms. The average Bonchev–Trinajstić information content (AvgIpc) is 2.29. The molecule has 1 aliphatic heterocycles. The van der Waals surface area contributed by atoms with Gasteiger partial charge in [0.15, 0.2) is 0 Å². The van der Waals surface area contributed by atoms with E-state index in [0.29, 0.717) is 32.6 Å². The van der Waals surface area contributed by atoms with Crippen molar-refractivity contribution in [2.45, 2.75) is 20.3 Å². The molecule has 0 aromatic carbocycles. The molecule has 0 saturated carbocycles. The van der Waals surface area contributed by atoms with Crippen molar-refractivity contribution in [2.24, 2.45) is 0 Å². The van der Waals surface area contributed by atoms with Gasteiger partial charge in [-0.2, -0.15) is 4.31 Å². The summed E-state index contributed by atoms with van der Waals surface area (Å²) in [5, 5.41) is 0. The monoisotopic (exact) mass is 260 g/mol. The number of rotatable bonds is 4. The summed E-state index contributed by atoms with van der Waals surface area (Å²) in [7, 11) is -3.12. The van der Waals surface area contributed by atoms with Crippen molar-refractivity contribution in [1.29, 1.82) is 0 Å². The van der Waals surface area contributed by atoms with E-state index in [9.17, 15) is 13.2 Å². The van der Waals surface area contributed by atoms with Gasteiger partial charge in [0.05, 0.1) is 5.75 Å². The molecule has 1 heterocycles. The molecule has 1 aliphatic rings. The van der Waals surface area contributed by atoms with Crippen LogP contribution >= 0.6 is 0 Å². The first-order valence-corrected chi connectivity index (χ1v) is 7.51. The third-order valence-corrected chi connectivity index (χ3v) is 4.79. The number of piperazine rings is 1. The highest BCUT2D eigenvalue weighted by atomic mass is 32.2. The first kappa shape index (κ1) is 14.2. The highest BCUT2D eigenvalue weighted by Crippen LogP contribution is 2.09. The third-order valence-electron chi connectivity index (χ3n) is 2.72. The van der Waals surface area contributed by atoms with Gasteiger partial charge in [0.25, 0.3) is 0 Å². The van der Waals surface area contributed by atoms with Crippen LogP contribution < -0.4 is 0 Å². The summed E-state index contributed by atoms with van der Waals surface area (Å²) in [6.07, 6.45) is 3.83. The number of sulfonamides is 1. The fourth-order valence-corrected chi connectivity index (χ4v) is 3.32. The van der Waals surface area contributed by atoms with E-state index in [1.54, 1.807) is 17.9 Å². The van der Waals surface area contributed by atoms with Crippen molar-refractivity contribution in [3.05, 3.63) is 12.2 Å². The smallest absolute Gasteiger partial charge is 0.246 e. The zero-order chi connectivity index (χ0) is 12.9. The third kappa shape index (κ3) is 3.81. The lowest BCUT2D eigenvalue weighted by Crippen LogP contribution is -2.50. The van der Waals surface area contributed by atoms with Gasteiger partial charge in [-0.25, -0.2) is 8.42 Å². The summed E-state index contributed by atoms with van der Waals surface area (Å²) in [6, 6.07) is 0. The van der Waals surface area contributed by atoms with Crippen LogP contribution in [-0.2, 0) is 14.8 Å². The highest BCUT2D eigenvalue weighted by Gasteiger charge is 2.27. The lowest BCUT2D eigenvalue weighted by atomic mass is 10.3. The van der Waals surface area contributed by atoms with E-state index in [0.717, 1.165) is 0 Å². The maximum atomic E-state index is 11.8. The van der Waals surface area contributed by atoms with E-state index in [4.69, 9.17) is 0 Å². The van der Waals surface area contributed by atoms with Crippen molar-refractivity contribution in [3.8, 4) is 0 Å². The lowest BCUT2D eigenvalue weighted by molar-refractivity contribution is -0.127. The van der Waals surface area contributed by atoms with Crippen molar-refractivity contribution >= 4 is 15.9 Å². The van der Waals surface area contributed by atoms with Crippen LogP contribution in [0.15, 0.2) is 12.2 Å². The minimum atomic E-state index is -3.12. The van der Waals surface area contributed by atoms with Gasteiger partial charge in [-0.05, 0) is 19.4 Å². The van der Waals surface area contributed by atoms with Gasteiger partial charge in [0.2, 0.25) is 15.9 Å². The molecule has 5 nitrogen and oxygen atoms in total. The van der Waals surface area contributed by atoms with Crippen molar-refractivity contribution in [1.82, 2.24) is 9.21 Å². The SMILES string of the molecule is CC=CC(=O)N1CCN(S(=O)(=O)CCC)CC1. The average molecular weight is 260 g/mol. The van der Waals surface area contributed by atoms with E-state index in [2.05, 4.69) is 0 Å². The molecule has 98 valence electrons. The van der Waals surface area contributed by atoms with Crippen LogP contribution in [0.2, 0.25) is 0 Å². The van der Waals surface area contributed by atoms with Gasteiger partial charge in [-0.3, -0.25) is 4.79 Å². The summed E-state index contributed by atoms with van der Waals surface area (Å²) in [6.45, 7) is 5.42. The van der Waals surface area contributed by atoms with E-state index in [1.807, 2.05) is 6.92 Å². The van der Waals surface area contributed by atoms with E-state index in [1.165, 1.54) is 10.4 Å². The Morgan fingerprint density at radius 1 is 1.24 bits per heavy atom. The predicted molar refractivity (Wildman–Crippen MR) is 67.0 cm³/mol. The van der Waals surface area contributed by atoms with E-state index < -0.39 is 10.0 Å². The number of hydrogen-bond donors (Lipinski definition) is 0. The van der Waals surface area contributed by atoms with Crippen LogP contribution in [0.25, 0.3) is 0 Å². The molecule has 0 unspecified atom stereocenters. The minimum absolute atomic E-state index is 0.0416. The Bertz CT molecular complexity index is 382. The molecule has 0 aliphatic carbocycles. The Morgan fingerprint density at radius 2 is 1.82 bits per heavy atom. The largest absolute Gasteiger partial charge is 0.337 e. The first-order valence-electron chi connectivity index (χ1n) is 5.90. The van der Waals surface area contributed by atoms with E-state index >= 15 is 0 Å². The van der Waals surface area contributed by atoms with Crippen LogP contribution in [0.5, 0.6) is 0 Å². The second kappa shape index (κ2) is 6.16. The summed E-state index contributed by atoms with van der Waals surface area (Å²) < 4.78 is 25.1. The maximum absolute atomic E-state index is 11.8. The first-order chi connectivity index (χ1) is 8.01. The number of carbonyl (C=O) groups is 1. The lowest BCUT2D eigenvalue weighted by Gasteiger charge is -2.33. The Labute approximate surface area is 103 Å². The van der Waals surface area contributed by atoms with Crippen LogP contribution in [0.4, 0.5) is 0 Å². The van der Waals surface area contributed by atoms with Gasteiger partial charge < -0.3 is 4.90 Å². The Hall–Kier alpha value is -0.880. The second-order valence-electron chi connectivity index (χ2n) is 4.04. The van der Waals surface area contributed by atoms with Crippen LogP contribution in [-0.4, -0.2) is 55.5 Å². The number of carbonyl (C=O) groups excluding carboxylic acids is 1. The van der Waals surface area contributed by atoms with E-state index in [-0.39, 0.29) is 11.7 Å². The van der Waals surface area contributed by atoms with Crippen LogP contribution in [0.1, 0.15) is 20.3 Å². The maximum Gasteiger partial charge on any atom is 0.246 e. The number of amides is 1. The molecule has 1 amide bonds. The second-order valence-corrected chi connectivity index (χ2v) is 6.13. The fraction of sp³-hybridized carbons (Fsp3) is 0.727. The number of hydrogen-bond acceptors (Lipinski definition) is 3. The van der Waals surface area contributed by atoms with Crippen molar-refractivity contribution < 1.29 is 13.2 Å². The summed E-state index contributed by atoms with van der Waals surface area (Å²) in [4.78, 5) is 13.2. The topological polar surface area (TPSA) is 57.7 Å². The van der Waals surface area contributed by atoms with Crippen LogP contribution in [0.3, 0.4) is 0 Å². The van der Waals surface area contributed by atoms with Gasteiger partial charge in [-0.15, -0.1) is 0 Å². The quantitative estimate of drug-likeness (QED) is 0.689. The molecule has 0 atom stereocenters. The highest BCUT2D eigenvalue weighted by molar-refractivity contribution is 7.89.